The minimum atomic E-state index is -1.30. The van der Waals surface area contributed by atoms with Crippen LogP contribution in [0.2, 0.25) is 0 Å². The van der Waals surface area contributed by atoms with Crippen LogP contribution in [0, 0.1) is 0 Å². The van der Waals surface area contributed by atoms with Gasteiger partial charge in [0.25, 0.3) is 5.91 Å². The van der Waals surface area contributed by atoms with Crippen molar-refractivity contribution in [2.75, 3.05) is 19.0 Å². The fourth-order valence-corrected chi connectivity index (χ4v) is 6.46. The molecule has 264 valence electrons. The van der Waals surface area contributed by atoms with Gasteiger partial charge in [0.15, 0.2) is 11.8 Å². The summed E-state index contributed by atoms with van der Waals surface area (Å²) >= 11 is 3.45. The zero-order valence-corrected chi connectivity index (χ0v) is 30.9. The molecule has 8 nitrogen and oxygen atoms in total. The Hall–Kier alpha value is -3.72. The molecule has 0 aliphatic carbocycles. The lowest BCUT2D eigenvalue weighted by Gasteiger charge is -2.18. The summed E-state index contributed by atoms with van der Waals surface area (Å²) in [5.41, 5.74) is 1.96. The number of unbranched alkanes of at least 4 members (excludes halogenated alkanes) is 15. The van der Waals surface area contributed by atoms with Crippen molar-refractivity contribution < 1.29 is 19.1 Å². The van der Waals surface area contributed by atoms with Crippen molar-refractivity contribution in [3.05, 3.63) is 76.8 Å². The molecule has 0 saturated heterocycles. The number of hydrogen-bond donors (Lipinski definition) is 1. The molecule has 0 fully saturated rings. The van der Waals surface area contributed by atoms with Crippen LogP contribution in [0.3, 0.4) is 0 Å². The van der Waals surface area contributed by atoms with Gasteiger partial charge in [-0.1, -0.05) is 137 Å². The number of carbonyl (C=O) groups is 2. The molecule has 0 spiro atoms. The molecule has 1 amide bonds. The number of methoxy groups -OCH3 is 1. The molecule has 9 heteroatoms. The molecular formula is C40H53BrN4O4. The number of para-hydroxylation sites is 2. The number of halogens is 1. The van der Waals surface area contributed by atoms with E-state index in [0.717, 1.165) is 17.3 Å². The summed E-state index contributed by atoms with van der Waals surface area (Å²) in [6, 6.07) is 18.1. The van der Waals surface area contributed by atoms with Crippen molar-refractivity contribution >= 4 is 44.3 Å². The lowest BCUT2D eigenvalue weighted by molar-refractivity contribution is -0.118. The van der Waals surface area contributed by atoms with Gasteiger partial charge in [0.1, 0.15) is 17.0 Å². The number of hydrogen-bond acceptors (Lipinski definition) is 6. The van der Waals surface area contributed by atoms with Gasteiger partial charge in [0, 0.05) is 10.0 Å². The van der Waals surface area contributed by atoms with E-state index in [1.807, 2.05) is 12.1 Å². The molecule has 0 aliphatic heterocycles. The second kappa shape index (κ2) is 21.4. The maximum absolute atomic E-state index is 13.9. The molecule has 0 saturated carbocycles. The summed E-state index contributed by atoms with van der Waals surface area (Å²) < 4.78 is 13.6. The molecule has 1 atom stereocenters. The number of amides is 1. The third kappa shape index (κ3) is 12.3. The van der Waals surface area contributed by atoms with E-state index < -0.39 is 17.7 Å². The standard InChI is InChI=1S/C40H53BrN4O4/c1-3-4-5-6-7-8-9-10-11-12-13-14-15-16-17-20-29-49-33-26-23-31(24-27-33)39(46)38(40(47)42-34-21-18-19-22-37(34)48-2)45-36-28-25-32(41)30-35(36)43-44-45/h18-19,21-28,30,38H,3-17,20,29H2,1-2H3,(H,42,47). The van der Waals surface area contributed by atoms with Gasteiger partial charge in [-0.15, -0.1) is 5.10 Å². The van der Waals surface area contributed by atoms with Gasteiger partial charge in [-0.05, 0) is 61.0 Å². The quantitative estimate of drug-likeness (QED) is 0.0438. The number of anilines is 1. The highest BCUT2D eigenvalue weighted by Gasteiger charge is 2.32. The van der Waals surface area contributed by atoms with Gasteiger partial charge in [-0.25, -0.2) is 4.68 Å². The van der Waals surface area contributed by atoms with Crippen molar-refractivity contribution in [3.63, 3.8) is 0 Å². The van der Waals surface area contributed by atoms with Crippen LogP contribution in [0.25, 0.3) is 11.0 Å². The number of nitrogens with zero attached hydrogens (tertiary/aromatic N) is 3. The SMILES string of the molecule is CCCCCCCCCCCCCCCCCCOc1ccc(C(=O)C(C(=O)Nc2ccccc2OC)n2nnc3cc(Br)ccc32)cc1. The van der Waals surface area contributed by atoms with Gasteiger partial charge < -0.3 is 14.8 Å². The Morgan fingerprint density at radius 2 is 1.37 bits per heavy atom. The highest BCUT2D eigenvalue weighted by Crippen LogP contribution is 2.28. The average Bonchev–Trinajstić information content (AvgIpc) is 3.52. The van der Waals surface area contributed by atoms with Crippen LogP contribution in [0.4, 0.5) is 5.69 Å². The molecule has 1 aromatic heterocycles. The number of benzene rings is 3. The molecule has 4 aromatic rings. The van der Waals surface area contributed by atoms with E-state index in [2.05, 4.69) is 38.5 Å². The maximum atomic E-state index is 13.9. The van der Waals surface area contributed by atoms with Gasteiger partial charge in [-0.3, -0.25) is 9.59 Å². The number of aromatic nitrogens is 3. The Labute approximate surface area is 300 Å². The Bertz CT molecular complexity index is 1570. The smallest absolute Gasteiger partial charge is 0.257 e. The molecule has 49 heavy (non-hydrogen) atoms. The van der Waals surface area contributed by atoms with Crippen LogP contribution in [-0.4, -0.2) is 40.4 Å². The molecule has 1 N–H and O–H groups in total. The number of ketones is 1. The van der Waals surface area contributed by atoms with Crippen LogP contribution in [0.1, 0.15) is 126 Å². The van der Waals surface area contributed by atoms with Crippen molar-refractivity contribution in [1.29, 1.82) is 0 Å². The minimum absolute atomic E-state index is 0.371. The third-order valence-electron chi connectivity index (χ3n) is 8.94. The van der Waals surface area contributed by atoms with Crippen molar-refractivity contribution in [2.24, 2.45) is 0 Å². The fraction of sp³-hybridized carbons (Fsp3) is 0.500. The Kier molecular flexibility index (Phi) is 16.6. The summed E-state index contributed by atoms with van der Waals surface area (Å²) in [5.74, 6) is 0.225. The lowest BCUT2D eigenvalue weighted by Crippen LogP contribution is -2.33. The molecule has 0 aliphatic rings. The van der Waals surface area contributed by atoms with Crippen LogP contribution in [-0.2, 0) is 4.79 Å². The van der Waals surface area contributed by atoms with Crippen LogP contribution in [0.5, 0.6) is 11.5 Å². The summed E-state index contributed by atoms with van der Waals surface area (Å²) in [6.45, 7) is 2.91. The zero-order valence-electron chi connectivity index (χ0n) is 29.3. The van der Waals surface area contributed by atoms with Crippen molar-refractivity contribution in [2.45, 2.75) is 116 Å². The average molecular weight is 734 g/mol. The second-order valence-corrected chi connectivity index (χ2v) is 13.7. The molecule has 4 rings (SSSR count). The predicted molar refractivity (Wildman–Crippen MR) is 202 cm³/mol. The molecule has 0 radical (unpaired) electrons. The summed E-state index contributed by atoms with van der Waals surface area (Å²) in [4.78, 5) is 27.7. The van der Waals surface area contributed by atoms with E-state index in [1.165, 1.54) is 102 Å². The van der Waals surface area contributed by atoms with Crippen molar-refractivity contribution in [3.8, 4) is 11.5 Å². The van der Waals surface area contributed by atoms with Crippen LogP contribution < -0.4 is 14.8 Å². The van der Waals surface area contributed by atoms with Crippen molar-refractivity contribution in [1.82, 2.24) is 15.0 Å². The van der Waals surface area contributed by atoms with E-state index in [4.69, 9.17) is 9.47 Å². The third-order valence-corrected chi connectivity index (χ3v) is 9.44. The minimum Gasteiger partial charge on any atom is -0.495 e. The lowest BCUT2D eigenvalue weighted by atomic mass is 10.0. The number of carbonyl (C=O) groups excluding carboxylic acids is 2. The summed E-state index contributed by atoms with van der Waals surface area (Å²) in [6.07, 6.45) is 21.3. The van der Waals surface area contributed by atoms with Gasteiger partial charge in [-0.2, -0.15) is 0 Å². The van der Waals surface area contributed by atoms with Gasteiger partial charge >= 0.3 is 0 Å². The largest absolute Gasteiger partial charge is 0.495 e. The van der Waals surface area contributed by atoms with Crippen LogP contribution in [0.15, 0.2) is 71.2 Å². The molecule has 1 unspecified atom stereocenters. The molecule has 0 bridgehead atoms. The zero-order chi connectivity index (χ0) is 34.7. The first-order chi connectivity index (χ1) is 24.0. The Morgan fingerprint density at radius 1 is 0.776 bits per heavy atom. The maximum Gasteiger partial charge on any atom is 0.257 e. The van der Waals surface area contributed by atoms with Crippen LogP contribution >= 0.6 is 15.9 Å². The number of fused-ring (bicyclic) bond motifs is 1. The topological polar surface area (TPSA) is 95.3 Å². The molecule has 1 heterocycles. The van der Waals surface area contributed by atoms with Gasteiger partial charge in [0.05, 0.1) is 24.9 Å². The first kappa shape index (κ1) is 38.1. The predicted octanol–water partition coefficient (Wildman–Crippen LogP) is 10.9. The van der Waals surface area contributed by atoms with E-state index in [-0.39, 0.29) is 0 Å². The van der Waals surface area contributed by atoms with E-state index >= 15 is 0 Å². The monoisotopic (exact) mass is 732 g/mol. The summed E-state index contributed by atoms with van der Waals surface area (Å²) in [7, 11) is 1.53. The fourth-order valence-electron chi connectivity index (χ4n) is 6.11. The number of rotatable bonds is 24. The van der Waals surface area contributed by atoms with Gasteiger partial charge in [0.2, 0.25) is 0 Å². The van der Waals surface area contributed by atoms with E-state index in [1.54, 1.807) is 54.6 Å². The Balaban J connectivity index is 1.21. The normalized spacial score (nSPS) is 11.8. The summed E-state index contributed by atoms with van der Waals surface area (Å²) in [5, 5.41) is 11.3. The van der Waals surface area contributed by atoms with E-state index in [0.29, 0.717) is 40.4 Å². The highest BCUT2D eigenvalue weighted by molar-refractivity contribution is 9.10. The highest BCUT2D eigenvalue weighted by atomic mass is 79.9. The molecular weight excluding hydrogens is 680 g/mol. The van der Waals surface area contributed by atoms with E-state index in [9.17, 15) is 9.59 Å². The molecule has 3 aromatic carbocycles. The number of nitrogens with one attached hydrogen (secondary N) is 1. The first-order valence-electron chi connectivity index (χ1n) is 18.2. The second-order valence-electron chi connectivity index (χ2n) is 12.8. The Morgan fingerprint density at radius 3 is 1.98 bits per heavy atom. The first-order valence-corrected chi connectivity index (χ1v) is 19.0. The number of ether oxygens (including phenoxy) is 2. The number of Topliss-reactive ketones (excluding diaryl/α,β-unsaturated/α-hetero) is 1.